The van der Waals surface area contributed by atoms with Crippen molar-refractivity contribution in [2.45, 2.75) is 26.3 Å². The molecule has 100 valence electrons. The van der Waals surface area contributed by atoms with Crippen LogP contribution in [-0.4, -0.2) is 28.1 Å². The van der Waals surface area contributed by atoms with Gasteiger partial charge in [-0.25, -0.2) is 4.98 Å². The number of ether oxygens (including phenoxy) is 1. The molecule has 0 unspecified atom stereocenters. The van der Waals surface area contributed by atoms with E-state index in [0.717, 1.165) is 43.8 Å². The minimum absolute atomic E-state index is 0.0647. The molecule has 0 atom stereocenters. The van der Waals surface area contributed by atoms with Crippen molar-refractivity contribution in [3.05, 3.63) is 25.9 Å². The van der Waals surface area contributed by atoms with Crippen molar-refractivity contribution in [2.24, 2.45) is 5.41 Å². The first-order chi connectivity index (χ1) is 8.58. The molecule has 0 radical (unpaired) electrons. The molecule has 0 N–H and O–H groups in total. The summed E-state index contributed by atoms with van der Waals surface area (Å²) in [5.74, 6) is 0.784. The molecule has 0 bridgehead atoms. The van der Waals surface area contributed by atoms with Crippen molar-refractivity contribution in [1.29, 1.82) is 0 Å². The van der Waals surface area contributed by atoms with Gasteiger partial charge < -0.3 is 4.74 Å². The second-order valence-electron chi connectivity index (χ2n) is 4.79. The van der Waals surface area contributed by atoms with Gasteiger partial charge in [0.05, 0.1) is 3.57 Å². The number of hydrogen-bond donors (Lipinski definition) is 0. The zero-order chi connectivity index (χ0) is 13.2. The third-order valence-electron chi connectivity index (χ3n) is 3.54. The molecule has 1 saturated heterocycles. The Morgan fingerprint density at radius 2 is 2.22 bits per heavy atom. The summed E-state index contributed by atoms with van der Waals surface area (Å²) in [5.41, 5.74) is 0.175. The summed E-state index contributed by atoms with van der Waals surface area (Å²) in [4.78, 5) is 16.5. The Labute approximate surface area is 128 Å². The van der Waals surface area contributed by atoms with E-state index in [1.54, 1.807) is 10.8 Å². The van der Waals surface area contributed by atoms with Crippen LogP contribution in [-0.2, 0) is 11.3 Å². The molecule has 0 aliphatic carbocycles. The number of aryl methyl sites for hydroxylation is 1. The van der Waals surface area contributed by atoms with Gasteiger partial charge in [-0.1, -0.05) is 15.9 Å². The van der Waals surface area contributed by atoms with Gasteiger partial charge in [-0.05, 0) is 42.4 Å². The van der Waals surface area contributed by atoms with E-state index in [4.69, 9.17) is 4.74 Å². The Morgan fingerprint density at radius 3 is 2.83 bits per heavy atom. The van der Waals surface area contributed by atoms with Crippen LogP contribution in [0.1, 0.15) is 18.7 Å². The smallest absolute Gasteiger partial charge is 0.266 e. The van der Waals surface area contributed by atoms with Crippen molar-refractivity contribution >= 4 is 38.5 Å². The quantitative estimate of drug-likeness (QED) is 0.550. The van der Waals surface area contributed by atoms with Gasteiger partial charge in [0.15, 0.2) is 0 Å². The molecule has 1 aromatic heterocycles. The number of alkyl halides is 1. The van der Waals surface area contributed by atoms with Gasteiger partial charge in [0.25, 0.3) is 5.56 Å². The fourth-order valence-corrected chi connectivity index (χ4v) is 3.38. The molecule has 1 aromatic rings. The van der Waals surface area contributed by atoms with E-state index in [2.05, 4.69) is 20.9 Å². The molecule has 0 spiro atoms. The number of nitrogens with zero attached hydrogens (tertiary/aromatic N) is 2. The maximum atomic E-state index is 12.2. The number of hydrogen-bond acceptors (Lipinski definition) is 3. The lowest BCUT2D eigenvalue weighted by atomic mass is 9.82. The largest absolute Gasteiger partial charge is 0.381 e. The molecule has 2 heterocycles. The second-order valence-corrected chi connectivity index (χ2v) is 6.51. The fourth-order valence-electron chi connectivity index (χ4n) is 2.21. The standard InChI is InChI=1S/C12H16BrIN2O2/c1-9-15-6-10(14)11(17)16(9)8-12(7-13)2-4-18-5-3-12/h6H,2-5,7-8H2,1H3. The van der Waals surface area contributed by atoms with Crippen LogP contribution >= 0.6 is 38.5 Å². The zero-order valence-electron chi connectivity index (χ0n) is 10.3. The van der Waals surface area contributed by atoms with Gasteiger partial charge in [0.1, 0.15) is 5.82 Å². The van der Waals surface area contributed by atoms with E-state index in [-0.39, 0.29) is 11.0 Å². The minimum atomic E-state index is 0.0647. The van der Waals surface area contributed by atoms with Crippen LogP contribution in [0.25, 0.3) is 0 Å². The van der Waals surface area contributed by atoms with E-state index in [1.807, 2.05) is 29.5 Å². The summed E-state index contributed by atoms with van der Waals surface area (Å²) in [6, 6.07) is 0. The van der Waals surface area contributed by atoms with Crippen LogP contribution in [0.3, 0.4) is 0 Å². The molecular formula is C12H16BrIN2O2. The van der Waals surface area contributed by atoms with Crippen LogP contribution in [0, 0.1) is 15.9 Å². The third-order valence-corrected chi connectivity index (χ3v) is 5.46. The van der Waals surface area contributed by atoms with Gasteiger partial charge in [-0.15, -0.1) is 0 Å². The van der Waals surface area contributed by atoms with Gasteiger partial charge in [-0.2, -0.15) is 0 Å². The number of halogens is 2. The molecule has 0 aromatic carbocycles. The van der Waals surface area contributed by atoms with Crippen molar-refractivity contribution in [3.63, 3.8) is 0 Å². The third kappa shape index (κ3) is 2.96. The molecule has 18 heavy (non-hydrogen) atoms. The summed E-state index contributed by atoms with van der Waals surface area (Å²) in [6.07, 6.45) is 3.60. The van der Waals surface area contributed by atoms with Crippen molar-refractivity contribution < 1.29 is 4.74 Å². The van der Waals surface area contributed by atoms with Gasteiger partial charge in [0, 0.05) is 36.7 Å². The van der Waals surface area contributed by atoms with Gasteiger partial charge >= 0.3 is 0 Å². The second kappa shape index (κ2) is 6.00. The van der Waals surface area contributed by atoms with Crippen LogP contribution in [0.5, 0.6) is 0 Å². The molecule has 6 heteroatoms. The van der Waals surface area contributed by atoms with Crippen molar-refractivity contribution in [3.8, 4) is 0 Å². The summed E-state index contributed by atoms with van der Waals surface area (Å²) < 4.78 is 7.90. The van der Waals surface area contributed by atoms with E-state index < -0.39 is 0 Å². The normalized spacial score (nSPS) is 18.8. The zero-order valence-corrected chi connectivity index (χ0v) is 14.0. The number of aromatic nitrogens is 2. The lowest BCUT2D eigenvalue weighted by Crippen LogP contribution is -2.39. The Balaban J connectivity index is 2.32. The van der Waals surface area contributed by atoms with Crippen LogP contribution in [0.2, 0.25) is 0 Å². The Kier molecular flexibility index (Phi) is 4.82. The van der Waals surface area contributed by atoms with Crippen LogP contribution in [0.4, 0.5) is 0 Å². The van der Waals surface area contributed by atoms with Crippen molar-refractivity contribution in [1.82, 2.24) is 9.55 Å². The first-order valence-electron chi connectivity index (χ1n) is 5.94. The van der Waals surface area contributed by atoms with E-state index in [0.29, 0.717) is 3.57 Å². The van der Waals surface area contributed by atoms with E-state index in [9.17, 15) is 4.79 Å². The topological polar surface area (TPSA) is 44.1 Å². The molecule has 0 saturated carbocycles. The molecular weight excluding hydrogens is 411 g/mol. The van der Waals surface area contributed by atoms with Gasteiger partial charge in [-0.3, -0.25) is 9.36 Å². The SMILES string of the molecule is Cc1ncc(I)c(=O)n1CC1(CBr)CCOCC1. The average Bonchev–Trinajstić information content (AvgIpc) is 2.40. The highest BCUT2D eigenvalue weighted by Gasteiger charge is 2.32. The summed E-state index contributed by atoms with van der Waals surface area (Å²) in [6.45, 7) is 4.16. The van der Waals surface area contributed by atoms with E-state index in [1.165, 1.54) is 0 Å². The molecule has 1 aliphatic rings. The Bertz CT molecular complexity index is 483. The Hall–Kier alpha value is 0.0500. The highest BCUT2D eigenvalue weighted by molar-refractivity contribution is 14.1. The maximum absolute atomic E-state index is 12.2. The minimum Gasteiger partial charge on any atom is -0.381 e. The predicted molar refractivity (Wildman–Crippen MR) is 82.2 cm³/mol. The van der Waals surface area contributed by atoms with E-state index >= 15 is 0 Å². The molecule has 0 amide bonds. The van der Waals surface area contributed by atoms with Gasteiger partial charge in [0.2, 0.25) is 0 Å². The van der Waals surface area contributed by atoms with Crippen LogP contribution < -0.4 is 5.56 Å². The monoisotopic (exact) mass is 426 g/mol. The fraction of sp³-hybridized carbons (Fsp3) is 0.667. The molecule has 1 aliphatic heterocycles. The maximum Gasteiger partial charge on any atom is 0.266 e. The first kappa shape index (κ1) is 14.5. The lowest BCUT2D eigenvalue weighted by molar-refractivity contribution is 0.0177. The average molecular weight is 427 g/mol. The summed E-state index contributed by atoms with van der Waals surface area (Å²) >= 11 is 5.65. The Morgan fingerprint density at radius 1 is 1.56 bits per heavy atom. The summed E-state index contributed by atoms with van der Waals surface area (Å²) in [7, 11) is 0. The molecule has 1 fully saturated rings. The molecule has 4 nitrogen and oxygen atoms in total. The lowest BCUT2D eigenvalue weighted by Gasteiger charge is -2.36. The first-order valence-corrected chi connectivity index (χ1v) is 8.14. The summed E-state index contributed by atoms with van der Waals surface area (Å²) in [5, 5.41) is 0.890. The van der Waals surface area contributed by atoms with Crippen LogP contribution in [0.15, 0.2) is 11.0 Å². The highest BCUT2D eigenvalue weighted by Crippen LogP contribution is 2.34. The number of rotatable bonds is 3. The predicted octanol–water partition coefficient (Wildman–Crippen LogP) is 2.35. The molecule has 2 rings (SSSR count). The highest BCUT2D eigenvalue weighted by atomic mass is 127. The van der Waals surface area contributed by atoms with Crippen molar-refractivity contribution in [2.75, 3.05) is 18.5 Å².